The minimum absolute atomic E-state index is 0.413. The maximum atomic E-state index is 9.54. The number of fused-ring (bicyclic) bond motifs is 1. The fraction of sp³-hybridized carbons (Fsp3) is 0.333. The van der Waals surface area contributed by atoms with Crippen molar-refractivity contribution < 1.29 is 10.2 Å². The first-order valence-electron chi connectivity index (χ1n) is 3.93. The molecule has 0 amide bonds. The summed E-state index contributed by atoms with van der Waals surface area (Å²) in [6.45, 7) is 0. The van der Waals surface area contributed by atoms with Gasteiger partial charge >= 0.3 is 0 Å². The molecule has 2 rings (SSSR count). The van der Waals surface area contributed by atoms with E-state index >= 15 is 0 Å². The second-order valence-electron chi connectivity index (χ2n) is 3.18. The molecule has 1 aliphatic carbocycles. The number of aliphatic hydroxyl groups is 2. The molecule has 1 aliphatic rings. The van der Waals surface area contributed by atoms with Crippen LogP contribution in [0.15, 0.2) is 12.1 Å². The van der Waals surface area contributed by atoms with Crippen LogP contribution in [-0.2, 0) is 6.42 Å². The minimum atomic E-state index is -0.875. The molecule has 4 heteroatoms. The van der Waals surface area contributed by atoms with Crippen LogP contribution in [0, 0.1) is 0 Å². The average molecular weight is 219 g/mol. The normalized spacial score (nSPS) is 26.2. The standard InChI is InChI=1S/C9H8Cl2O2/c10-5-1-4-2-7(12)9(13)8(4)6(11)3-5/h1,3,7,9,12-13H,2H2/t7-,9-/m0/s1. The van der Waals surface area contributed by atoms with Crippen LogP contribution >= 0.6 is 23.2 Å². The summed E-state index contributed by atoms with van der Waals surface area (Å²) < 4.78 is 0. The smallest absolute Gasteiger partial charge is 0.107 e. The summed E-state index contributed by atoms with van der Waals surface area (Å²) in [7, 11) is 0. The SMILES string of the molecule is O[C@@H]1c2c(Cl)cc(Cl)cc2C[C@@H]1O. The van der Waals surface area contributed by atoms with Gasteiger partial charge in [0.15, 0.2) is 0 Å². The van der Waals surface area contributed by atoms with Gasteiger partial charge in [-0.2, -0.15) is 0 Å². The van der Waals surface area contributed by atoms with E-state index in [2.05, 4.69) is 0 Å². The van der Waals surface area contributed by atoms with Gasteiger partial charge in [-0.1, -0.05) is 23.2 Å². The largest absolute Gasteiger partial charge is 0.390 e. The van der Waals surface area contributed by atoms with E-state index in [1.807, 2.05) is 0 Å². The molecule has 2 nitrogen and oxygen atoms in total. The van der Waals surface area contributed by atoms with Crippen LogP contribution in [-0.4, -0.2) is 16.3 Å². The van der Waals surface area contributed by atoms with Gasteiger partial charge < -0.3 is 10.2 Å². The van der Waals surface area contributed by atoms with E-state index in [4.69, 9.17) is 23.2 Å². The van der Waals surface area contributed by atoms with E-state index in [0.717, 1.165) is 5.56 Å². The highest BCUT2D eigenvalue weighted by atomic mass is 35.5. The topological polar surface area (TPSA) is 40.5 Å². The molecule has 0 aromatic heterocycles. The van der Waals surface area contributed by atoms with E-state index in [1.54, 1.807) is 12.1 Å². The Balaban J connectivity index is 2.57. The molecule has 0 radical (unpaired) electrons. The van der Waals surface area contributed by atoms with Crippen molar-refractivity contribution in [3.05, 3.63) is 33.3 Å². The van der Waals surface area contributed by atoms with Crippen LogP contribution in [0.1, 0.15) is 17.2 Å². The molecule has 0 fully saturated rings. The van der Waals surface area contributed by atoms with Gasteiger partial charge in [-0.3, -0.25) is 0 Å². The van der Waals surface area contributed by atoms with Gasteiger partial charge in [0.2, 0.25) is 0 Å². The van der Waals surface area contributed by atoms with Crippen LogP contribution in [0.2, 0.25) is 10.0 Å². The molecule has 0 saturated carbocycles. The predicted octanol–water partition coefficient (Wildman–Crippen LogP) is 1.94. The zero-order chi connectivity index (χ0) is 9.59. The van der Waals surface area contributed by atoms with E-state index in [1.165, 1.54) is 0 Å². The summed E-state index contributed by atoms with van der Waals surface area (Å²) in [6, 6.07) is 3.30. The van der Waals surface area contributed by atoms with Crippen molar-refractivity contribution in [3.8, 4) is 0 Å². The lowest BCUT2D eigenvalue weighted by Crippen LogP contribution is -2.12. The first kappa shape index (κ1) is 9.28. The third-order valence-corrected chi connectivity index (χ3v) is 2.80. The van der Waals surface area contributed by atoms with Gasteiger partial charge in [-0.05, 0) is 17.7 Å². The summed E-state index contributed by atoms with van der Waals surface area (Å²) in [5, 5.41) is 19.9. The summed E-state index contributed by atoms with van der Waals surface area (Å²) in [4.78, 5) is 0. The Labute approximate surface area is 85.7 Å². The predicted molar refractivity (Wildman–Crippen MR) is 51.1 cm³/mol. The fourth-order valence-electron chi connectivity index (χ4n) is 1.67. The van der Waals surface area contributed by atoms with Crippen molar-refractivity contribution in [3.63, 3.8) is 0 Å². The first-order valence-corrected chi connectivity index (χ1v) is 4.69. The molecule has 1 aromatic rings. The quantitative estimate of drug-likeness (QED) is 0.699. The van der Waals surface area contributed by atoms with E-state index in [-0.39, 0.29) is 0 Å². The van der Waals surface area contributed by atoms with Crippen molar-refractivity contribution in [2.45, 2.75) is 18.6 Å². The highest BCUT2D eigenvalue weighted by Crippen LogP contribution is 2.38. The maximum absolute atomic E-state index is 9.54. The zero-order valence-electron chi connectivity index (χ0n) is 6.67. The van der Waals surface area contributed by atoms with Crippen LogP contribution in [0.25, 0.3) is 0 Å². The van der Waals surface area contributed by atoms with Gasteiger partial charge in [0.05, 0.1) is 6.10 Å². The monoisotopic (exact) mass is 218 g/mol. The number of rotatable bonds is 0. The zero-order valence-corrected chi connectivity index (χ0v) is 8.18. The second-order valence-corrected chi connectivity index (χ2v) is 4.02. The minimum Gasteiger partial charge on any atom is -0.390 e. The van der Waals surface area contributed by atoms with Crippen molar-refractivity contribution in [1.82, 2.24) is 0 Å². The van der Waals surface area contributed by atoms with Crippen LogP contribution < -0.4 is 0 Å². The molecule has 0 saturated heterocycles. The van der Waals surface area contributed by atoms with Gasteiger partial charge in [-0.25, -0.2) is 0 Å². The molecular weight excluding hydrogens is 211 g/mol. The van der Waals surface area contributed by atoms with Gasteiger partial charge in [0, 0.05) is 22.0 Å². The van der Waals surface area contributed by atoms with E-state index < -0.39 is 12.2 Å². The third kappa shape index (κ3) is 1.44. The van der Waals surface area contributed by atoms with Crippen LogP contribution in [0.3, 0.4) is 0 Å². The van der Waals surface area contributed by atoms with Crippen molar-refractivity contribution in [1.29, 1.82) is 0 Å². The van der Waals surface area contributed by atoms with Crippen molar-refractivity contribution in [2.75, 3.05) is 0 Å². The van der Waals surface area contributed by atoms with Crippen LogP contribution in [0.5, 0.6) is 0 Å². The maximum Gasteiger partial charge on any atom is 0.107 e. The highest BCUT2D eigenvalue weighted by Gasteiger charge is 2.31. The number of hydrogen-bond donors (Lipinski definition) is 2. The van der Waals surface area contributed by atoms with Crippen molar-refractivity contribution >= 4 is 23.2 Å². The molecule has 0 spiro atoms. The second kappa shape index (κ2) is 3.14. The Morgan fingerprint density at radius 1 is 1.23 bits per heavy atom. The molecule has 0 unspecified atom stereocenters. The summed E-state index contributed by atoms with van der Waals surface area (Å²) in [5.74, 6) is 0. The summed E-state index contributed by atoms with van der Waals surface area (Å²) >= 11 is 11.7. The Kier molecular flexibility index (Phi) is 2.24. The van der Waals surface area contributed by atoms with Crippen LogP contribution in [0.4, 0.5) is 0 Å². The lowest BCUT2D eigenvalue weighted by Gasteiger charge is -2.09. The molecule has 0 bridgehead atoms. The lowest BCUT2D eigenvalue weighted by molar-refractivity contribution is 0.0327. The Morgan fingerprint density at radius 2 is 1.92 bits per heavy atom. The molecule has 70 valence electrons. The highest BCUT2D eigenvalue weighted by molar-refractivity contribution is 6.35. The third-order valence-electron chi connectivity index (χ3n) is 2.27. The molecule has 2 atom stereocenters. The number of aliphatic hydroxyl groups excluding tert-OH is 2. The number of hydrogen-bond acceptors (Lipinski definition) is 2. The van der Waals surface area contributed by atoms with E-state index in [0.29, 0.717) is 22.0 Å². The molecule has 2 N–H and O–H groups in total. The molecule has 0 heterocycles. The van der Waals surface area contributed by atoms with E-state index in [9.17, 15) is 10.2 Å². The molecule has 0 aliphatic heterocycles. The number of benzene rings is 1. The molecule has 1 aromatic carbocycles. The Morgan fingerprint density at radius 3 is 2.62 bits per heavy atom. The van der Waals surface area contributed by atoms with Gasteiger partial charge in [0.25, 0.3) is 0 Å². The lowest BCUT2D eigenvalue weighted by atomic mass is 10.1. The van der Waals surface area contributed by atoms with Crippen molar-refractivity contribution in [2.24, 2.45) is 0 Å². The molecule has 13 heavy (non-hydrogen) atoms. The van der Waals surface area contributed by atoms with Gasteiger partial charge in [-0.15, -0.1) is 0 Å². The Hall–Kier alpha value is -0.280. The summed E-state index contributed by atoms with van der Waals surface area (Å²) in [5.41, 5.74) is 1.44. The first-order chi connectivity index (χ1) is 6.09. The average Bonchev–Trinajstić information content (AvgIpc) is 2.27. The molecular formula is C9H8Cl2O2. The Bertz CT molecular complexity index is 352. The fourth-order valence-corrected chi connectivity index (χ4v) is 2.31. The number of halogens is 2. The summed E-state index contributed by atoms with van der Waals surface area (Å²) in [6.07, 6.45) is -1.22. The van der Waals surface area contributed by atoms with Gasteiger partial charge in [0.1, 0.15) is 6.10 Å².